The molecular formula is C29H45N3O6. The van der Waals surface area contributed by atoms with Gasteiger partial charge in [0.2, 0.25) is 0 Å². The van der Waals surface area contributed by atoms with E-state index in [-0.39, 0.29) is 12.7 Å². The molecule has 2 unspecified atom stereocenters. The third-order valence-corrected chi connectivity index (χ3v) is 6.28. The number of methoxy groups -OCH3 is 2. The van der Waals surface area contributed by atoms with Gasteiger partial charge in [0, 0.05) is 32.7 Å². The number of epoxide rings is 1. The maximum absolute atomic E-state index is 10.00. The quantitative estimate of drug-likeness (QED) is 0.400. The largest absolute Gasteiger partial charge is 0.493 e. The summed E-state index contributed by atoms with van der Waals surface area (Å²) in [5.41, 5.74) is 0. The number of rotatable bonds is 10. The van der Waals surface area contributed by atoms with Crippen LogP contribution in [0.2, 0.25) is 0 Å². The maximum Gasteiger partial charge on any atom is 0.161 e. The van der Waals surface area contributed by atoms with Gasteiger partial charge in [-0.3, -0.25) is 4.90 Å². The van der Waals surface area contributed by atoms with E-state index >= 15 is 0 Å². The first-order chi connectivity index (χ1) is 18.7. The van der Waals surface area contributed by atoms with Gasteiger partial charge in [-0.1, -0.05) is 30.7 Å². The Balaban J connectivity index is 0.000000180. The van der Waals surface area contributed by atoms with Gasteiger partial charge in [-0.2, -0.15) is 0 Å². The van der Waals surface area contributed by atoms with E-state index in [1.54, 1.807) is 14.2 Å². The molecule has 3 N–H and O–H groups in total. The Kier molecular flexibility index (Phi) is 14.1. The average molecular weight is 532 g/mol. The van der Waals surface area contributed by atoms with Crippen molar-refractivity contribution >= 4 is 0 Å². The van der Waals surface area contributed by atoms with Crippen LogP contribution in [-0.4, -0.2) is 102 Å². The summed E-state index contributed by atoms with van der Waals surface area (Å²) in [4.78, 5) is 2.24. The van der Waals surface area contributed by atoms with Crippen molar-refractivity contribution in [3.8, 4) is 23.0 Å². The van der Waals surface area contributed by atoms with Crippen LogP contribution >= 0.6 is 0 Å². The van der Waals surface area contributed by atoms with Crippen LogP contribution in [0.4, 0.5) is 0 Å². The highest BCUT2D eigenvalue weighted by atomic mass is 16.6. The molecule has 2 aromatic rings. The van der Waals surface area contributed by atoms with Crippen LogP contribution in [0.1, 0.15) is 19.3 Å². The third-order valence-electron chi connectivity index (χ3n) is 6.28. The second kappa shape index (κ2) is 17.9. The molecule has 0 saturated carbocycles. The number of nitrogens with zero attached hydrogens (tertiary/aromatic N) is 1. The molecule has 3 saturated heterocycles. The topological polar surface area (TPSA) is 97.0 Å². The number of para-hydroxylation sites is 4. The SMILES string of the molecule is C1CCNCC1.COc1ccccc1OCC(O)CN1CCNCC1.COc1ccccc1OCC1CO1. The molecule has 3 heterocycles. The zero-order valence-electron chi connectivity index (χ0n) is 22.9. The summed E-state index contributed by atoms with van der Waals surface area (Å²) in [6.45, 7) is 8.79. The van der Waals surface area contributed by atoms with Crippen molar-refractivity contribution in [3.63, 3.8) is 0 Å². The highest BCUT2D eigenvalue weighted by Crippen LogP contribution is 2.27. The molecule has 9 heteroatoms. The molecule has 2 atom stereocenters. The number of aliphatic hydroxyl groups is 1. The molecule has 212 valence electrons. The minimum atomic E-state index is -0.483. The van der Waals surface area contributed by atoms with Gasteiger partial charge in [0.25, 0.3) is 0 Å². The van der Waals surface area contributed by atoms with Crippen LogP contribution in [0.3, 0.4) is 0 Å². The van der Waals surface area contributed by atoms with Crippen molar-refractivity contribution in [3.05, 3.63) is 48.5 Å². The van der Waals surface area contributed by atoms with E-state index in [9.17, 15) is 5.11 Å². The van der Waals surface area contributed by atoms with Crippen LogP contribution < -0.4 is 29.6 Å². The first-order valence-corrected chi connectivity index (χ1v) is 13.6. The van der Waals surface area contributed by atoms with Gasteiger partial charge in [-0.15, -0.1) is 0 Å². The minimum Gasteiger partial charge on any atom is -0.493 e. The van der Waals surface area contributed by atoms with Crippen molar-refractivity contribution in [1.82, 2.24) is 15.5 Å². The lowest BCUT2D eigenvalue weighted by atomic mass is 10.2. The molecule has 2 aromatic carbocycles. The Morgan fingerprint density at radius 3 is 1.82 bits per heavy atom. The van der Waals surface area contributed by atoms with Crippen molar-refractivity contribution in [2.75, 3.05) is 79.9 Å². The summed E-state index contributed by atoms with van der Waals surface area (Å²) in [7, 11) is 3.25. The van der Waals surface area contributed by atoms with Crippen molar-refractivity contribution in [2.45, 2.75) is 31.5 Å². The number of nitrogens with one attached hydrogen (secondary N) is 2. The molecule has 0 radical (unpaired) electrons. The highest BCUT2D eigenvalue weighted by Gasteiger charge is 2.23. The molecule has 0 aromatic heterocycles. The van der Waals surface area contributed by atoms with Crippen molar-refractivity contribution < 1.29 is 28.8 Å². The van der Waals surface area contributed by atoms with E-state index in [2.05, 4.69) is 15.5 Å². The predicted octanol–water partition coefficient (Wildman–Crippen LogP) is 2.57. The Bertz CT molecular complexity index is 877. The minimum absolute atomic E-state index is 0.282. The number of piperazine rings is 1. The first kappa shape index (κ1) is 30.0. The molecule has 5 rings (SSSR count). The molecule has 3 aliphatic rings. The number of β-amino-alcohol motifs (C(OH)–C–C–N with tert-alkyl or cyclic N) is 1. The lowest BCUT2D eigenvalue weighted by molar-refractivity contribution is 0.0632. The fraction of sp³-hybridized carbons (Fsp3) is 0.586. The van der Waals surface area contributed by atoms with Gasteiger partial charge in [-0.25, -0.2) is 0 Å². The summed E-state index contributed by atoms with van der Waals surface area (Å²) in [5, 5.41) is 16.6. The number of hydrogen-bond acceptors (Lipinski definition) is 9. The zero-order valence-corrected chi connectivity index (χ0v) is 22.9. The van der Waals surface area contributed by atoms with Crippen LogP contribution in [0, 0.1) is 0 Å². The smallest absolute Gasteiger partial charge is 0.161 e. The second-order valence-corrected chi connectivity index (χ2v) is 9.39. The summed E-state index contributed by atoms with van der Waals surface area (Å²) < 4.78 is 26.5. The molecule has 3 fully saturated rings. The molecule has 38 heavy (non-hydrogen) atoms. The Labute approximate surface area is 227 Å². The zero-order chi connectivity index (χ0) is 26.8. The number of piperidine rings is 1. The number of ether oxygens (including phenoxy) is 5. The normalized spacial score (nSPS) is 19.5. The molecule has 3 aliphatic heterocycles. The third kappa shape index (κ3) is 11.9. The first-order valence-electron chi connectivity index (χ1n) is 13.6. The van der Waals surface area contributed by atoms with Gasteiger partial charge in [0.1, 0.15) is 25.4 Å². The molecular weight excluding hydrogens is 486 g/mol. The van der Waals surface area contributed by atoms with E-state index in [0.29, 0.717) is 24.7 Å². The van der Waals surface area contributed by atoms with E-state index in [1.165, 1.54) is 32.4 Å². The van der Waals surface area contributed by atoms with E-state index in [4.69, 9.17) is 23.7 Å². The highest BCUT2D eigenvalue weighted by molar-refractivity contribution is 5.40. The van der Waals surface area contributed by atoms with E-state index < -0.39 is 6.10 Å². The standard InChI is InChI=1S/C14H22N2O3.C10H12O3.C5H11N/c1-18-13-4-2-3-5-14(13)19-11-12(17)10-16-8-6-15-7-9-16;1-11-9-4-2-3-5-10(9)13-7-8-6-12-8;1-2-4-6-5-3-1/h2-5,12,15,17H,6-11H2,1H3;2-5,8H,6-7H2,1H3;6H,1-5H2. The van der Waals surface area contributed by atoms with E-state index in [1.807, 2.05) is 48.5 Å². The van der Waals surface area contributed by atoms with E-state index in [0.717, 1.165) is 44.3 Å². The number of benzene rings is 2. The molecule has 0 amide bonds. The Morgan fingerprint density at radius 1 is 0.816 bits per heavy atom. The average Bonchev–Trinajstić information content (AvgIpc) is 3.82. The summed E-state index contributed by atoms with van der Waals surface area (Å²) in [6, 6.07) is 15.1. The molecule has 9 nitrogen and oxygen atoms in total. The number of hydrogen-bond donors (Lipinski definition) is 3. The Morgan fingerprint density at radius 2 is 1.34 bits per heavy atom. The van der Waals surface area contributed by atoms with Crippen LogP contribution in [-0.2, 0) is 4.74 Å². The fourth-order valence-corrected chi connectivity index (χ4v) is 4.06. The Hall–Kier alpha value is -2.56. The lowest BCUT2D eigenvalue weighted by Crippen LogP contribution is -2.47. The van der Waals surface area contributed by atoms with Crippen molar-refractivity contribution in [1.29, 1.82) is 0 Å². The monoisotopic (exact) mass is 531 g/mol. The van der Waals surface area contributed by atoms with Crippen LogP contribution in [0.15, 0.2) is 48.5 Å². The van der Waals surface area contributed by atoms with Gasteiger partial charge in [-0.05, 0) is 50.2 Å². The van der Waals surface area contributed by atoms with Crippen LogP contribution in [0.5, 0.6) is 23.0 Å². The van der Waals surface area contributed by atoms with Gasteiger partial charge in [0.15, 0.2) is 23.0 Å². The second-order valence-electron chi connectivity index (χ2n) is 9.39. The fourth-order valence-electron chi connectivity index (χ4n) is 4.06. The molecule has 0 aliphatic carbocycles. The molecule has 0 bridgehead atoms. The summed E-state index contributed by atoms with van der Waals surface area (Å²) in [5.74, 6) is 2.91. The lowest BCUT2D eigenvalue weighted by Gasteiger charge is -2.29. The molecule has 0 spiro atoms. The van der Waals surface area contributed by atoms with Crippen LogP contribution in [0.25, 0.3) is 0 Å². The van der Waals surface area contributed by atoms with Crippen molar-refractivity contribution in [2.24, 2.45) is 0 Å². The summed E-state index contributed by atoms with van der Waals surface area (Å²) >= 11 is 0. The predicted molar refractivity (Wildman–Crippen MR) is 149 cm³/mol. The number of aliphatic hydroxyl groups excluding tert-OH is 1. The maximum atomic E-state index is 10.00. The summed E-state index contributed by atoms with van der Waals surface area (Å²) in [6.07, 6.45) is 4.01. The van der Waals surface area contributed by atoms with Gasteiger partial charge >= 0.3 is 0 Å². The van der Waals surface area contributed by atoms with Gasteiger partial charge in [0.05, 0.1) is 20.8 Å². The van der Waals surface area contributed by atoms with Gasteiger partial charge < -0.3 is 39.4 Å².